The maximum atomic E-state index is 13.4. The van der Waals surface area contributed by atoms with E-state index >= 15 is 0 Å². The molecular weight excluding hydrogens is 308 g/mol. The van der Waals surface area contributed by atoms with Crippen molar-refractivity contribution in [1.82, 2.24) is 5.43 Å². The average Bonchev–Trinajstić information content (AvgIpc) is 2.38. The summed E-state index contributed by atoms with van der Waals surface area (Å²) in [5, 5.41) is 0.345. The maximum Gasteiger partial charge on any atom is 0.416 e. The molecule has 1 unspecified atom stereocenters. The van der Waals surface area contributed by atoms with Crippen molar-refractivity contribution < 1.29 is 17.6 Å². The van der Waals surface area contributed by atoms with Gasteiger partial charge in [0.1, 0.15) is 5.82 Å². The molecule has 2 nitrogen and oxygen atoms in total. The van der Waals surface area contributed by atoms with Gasteiger partial charge in [0, 0.05) is 5.02 Å². The van der Waals surface area contributed by atoms with Crippen molar-refractivity contribution in [3.8, 4) is 0 Å². The Labute approximate surface area is 123 Å². The van der Waals surface area contributed by atoms with Gasteiger partial charge in [0.2, 0.25) is 0 Å². The van der Waals surface area contributed by atoms with Gasteiger partial charge in [0.25, 0.3) is 0 Å². The van der Waals surface area contributed by atoms with Crippen LogP contribution in [0.1, 0.15) is 22.7 Å². The number of nitrogens with one attached hydrogen (secondary N) is 1. The summed E-state index contributed by atoms with van der Waals surface area (Å²) in [5.41, 5.74) is 1.43. The van der Waals surface area contributed by atoms with Gasteiger partial charge in [-0.15, -0.1) is 0 Å². The molecule has 0 spiro atoms. The van der Waals surface area contributed by atoms with Gasteiger partial charge in [-0.2, -0.15) is 13.2 Å². The van der Waals surface area contributed by atoms with Crippen molar-refractivity contribution in [2.24, 2.45) is 5.84 Å². The lowest BCUT2D eigenvalue weighted by molar-refractivity contribution is -0.138. The van der Waals surface area contributed by atoms with Gasteiger partial charge in [0.15, 0.2) is 0 Å². The Morgan fingerprint density at radius 1 is 1.10 bits per heavy atom. The molecule has 21 heavy (non-hydrogen) atoms. The van der Waals surface area contributed by atoms with Crippen molar-refractivity contribution in [3.63, 3.8) is 0 Å². The smallest absolute Gasteiger partial charge is 0.271 e. The Bertz CT molecular complexity index is 643. The molecule has 0 aliphatic rings. The molecule has 2 rings (SSSR count). The molecule has 0 heterocycles. The highest BCUT2D eigenvalue weighted by Gasteiger charge is 2.35. The Morgan fingerprint density at radius 2 is 1.81 bits per heavy atom. The van der Waals surface area contributed by atoms with E-state index in [1.165, 1.54) is 6.07 Å². The van der Waals surface area contributed by atoms with Crippen LogP contribution in [0.5, 0.6) is 0 Å². The van der Waals surface area contributed by atoms with Gasteiger partial charge in [-0.3, -0.25) is 5.84 Å². The molecule has 0 aromatic heterocycles. The molecule has 2 aromatic carbocycles. The summed E-state index contributed by atoms with van der Waals surface area (Å²) in [6.07, 6.45) is -4.61. The lowest BCUT2D eigenvalue weighted by Gasteiger charge is -2.21. The van der Waals surface area contributed by atoms with Crippen LogP contribution in [-0.4, -0.2) is 0 Å². The lowest BCUT2D eigenvalue weighted by Crippen LogP contribution is -2.30. The topological polar surface area (TPSA) is 38.0 Å². The average molecular weight is 319 g/mol. The van der Waals surface area contributed by atoms with Crippen LogP contribution < -0.4 is 11.3 Å². The second-order valence-corrected chi connectivity index (χ2v) is 4.82. The van der Waals surface area contributed by atoms with Crippen molar-refractivity contribution in [1.29, 1.82) is 0 Å². The largest absolute Gasteiger partial charge is 0.416 e. The molecule has 1 atom stereocenters. The zero-order valence-electron chi connectivity index (χ0n) is 10.6. The lowest BCUT2D eigenvalue weighted by atomic mass is 9.94. The maximum absolute atomic E-state index is 13.4. The first kappa shape index (κ1) is 15.8. The molecule has 3 N–H and O–H groups in total. The molecule has 0 amide bonds. The van der Waals surface area contributed by atoms with E-state index in [4.69, 9.17) is 17.4 Å². The van der Waals surface area contributed by atoms with E-state index < -0.39 is 23.6 Å². The second-order valence-electron chi connectivity index (χ2n) is 4.38. The Hall–Kier alpha value is -1.63. The molecule has 2 aromatic rings. The second kappa shape index (κ2) is 6.01. The van der Waals surface area contributed by atoms with Gasteiger partial charge in [0.05, 0.1) is 11.6 Å². The molecule has 0 saturated carbocycles. The van der Waals surface area contributed by atoms with Crippen LogP contribution in [0, 0.1) is 5.82 Å². The molecular formula is C14H11ClF4N2. The van der Waals surface area contributed by atoms with Crippen LogP contribution in [0.2, 0.25) is 5.02 Å². The zero-order chi connectivity index (χ0) is 15.6. The van der Waals surface area contributed by atoms with Crippen molar-refractivity contribution in [3.05, 3.63) is 70.0 Å². The van der Waals surface area contributed by atoms with E-state index in [1.807, 2.05) is 0 Å². The van der Waals surface area contributed by atoms with Gasteiger partial charge in [-0.1, -0.05) is 23.7 Å². The molecule has 0 fully saturated rings. The first-order valence-corrected chi connectivity index (χ1v) is 6.29. The normalized spacial score (nSPS) is 13.2. The standard InChI is InChI=1S/C14H11ClF4N2/c15-9-3-1-2-8(6-9)13(21-20)11-7-10(16)4-5-12(11)14(17,18)19/h1-7,13,21H,20H2. The summed E-state index contributed by atoms with van der Waals surface area (Å²) in [5.74, 6) is 4.59. The molecule has 7 heteroatoms. The van der Waals surface area contributed by atoms with Crippen LogP contribution in [0.3, 0.4) is 0 Å². The number of halogens is 5. The molecule has 0 aliphatic heterocycles. The van der Waals surface area contributed by atoms with E-state index in [1.54, 1.807) is 18.2 Å². The monoisotopic (exact) mass is 318 g/mol. The summed E-state index contributed by atoms with van der Waals surface area (Å²) in [6, 6.07) is 7.42. The van der Waals surface area contributed by atoms with Crippen LogP contribution in [0.25, 0.3) is 0 Å². The predicted octanol–water partition coefficient (Wildman–Crippen LogP) is 4.05. The third kappa shape index (κ3) is 3.53. The number of hydrogen-bond acceptors (Lipinski definition) is 2. The Morgan fingerprint density at radius 3 is 2.38 bits per heavy atom. The van der Waals surface area contributed by atoms with E-state index in [2.05, 4.69) is 5.43 Å². The number of benzene rings is 2. The minimum atomic E-state index is -4.61. The molecule has 112 valence electrons. The van der Waals surface area contributed by atoms with Gasteiger partial charge in [-0.25, -0.2) is 9.82 Å². The molecule has 0 bridgehead atoms. The minimum Gasteiger partial charge on any atom is -0.271 e. The fourth-order valence-corrected chi connectivity index (χ4v) is 2.28. The van der Waals surface area contributed by atoms with Crippen molar-refractivity contribution in [2.45, 2.75) is 12.2 Å². The van der Waals surface area contributed by atoms with Crippen LogP contribution in [0.4, 0.5) is 17.6 Å². The van der Waals surface area contributed by atoms with Crippen LogP contribution in [-0.2, 0) is 6.18 Å². The number of hydrazine groups is 1. The van der Waals surface area contributed by atoms with Crippen LogP contribution in [0.15, 0.2) is 42.5 Å². The predicted molar refractivity (Wildman–Crippen MR) is 72.0 cm³/mol. The number of rotatable bonds is 3. The first-order chi connectivity index (χ1) is 9.82. The van der Waals surface area contributed by atoms with Crippen LogP contribution >= 0.6 is 11.6 Å². The highest BCUT2D eigenvalue weighted by molar-refractivity contribution is 6.30. The van der Waals surface area contributed by atoms with Gasteiger partial charge >= 0.3 is 6.18 Å². The quantitative estimate of drug-likeness (QED) is 0.509. The SMILES string of the molecule is NNC(c1cccc(Cl)c1)c1cc(F)ccc1C(F)(F)F. The number of nitrogens with two attached hydrogens (primary N) is 1. The third-order valence-corrected chi connectivity index (χ3v) is 3.21. The molecule has 0 aliphatic carbocycles. The summed E-state index contributed by atoms with van der Waals surface area (Å²) >= 11 is 5.83. The van der Waals surface area contributed by atoms with E-state index in [9.17, 15) is 17.6 Å². The highest BCUT2D eigenvalue weighted by Crippen LogP contribution is 2.37. The summed E-state index contributed by atoms with van der Waals surface area (Å²) in [6.45, 7) is 0. The fraction of sp³-hybridized carbons (Fsp3) is 0.143. The molecule has 0 radical (unpaired) electrons. The summed E-state index contributed by atoms with van der Waals surface area (Å²) in [4.78, 5) is 0. The van der Waals surface area contributed by atoms with Crippen molar-refractivity contribution >= 4 is 11.6 Å². The summed E-state index contributed by atoms with van der Waals surface area (Å²) in [7, 11) is 0. The summed E-state index contributed by atoms with van der Waals surface area (Å²) < 4.78 is 52.5. The first-order valence-electron chi connectivity index (χ1n) is 5.91. The Balaban J connectivity index is 2.59. The third-order valence-electron chi connectivity index (χ3n) is 2.98. The zero-order valence-corrected chi connectivity index (χ0v) is 11.3. The van der Waals surface area contributed by atoms with Gasteiger partial charge < -0.3 is 0 Å². The van der Waals surface area contributed by atoms with Crippen molar-refractivity contribution in [2.75, 3.05) is 0 Å². The van der Waals surface area contributed by atoms with Gasteiger partial charge in [-0.05, 0) is 41.5 Å². The molecule has 0 saturated heterocycles. The Kier molecular flexibility index (Phi) is 4.51. The fourth-order valence-electron chi connectivity index (χ4n) is 2.08. The number of hydrogen-bond donors (Lipinski definition) is 2. The van der Waals surface area contributed by atoms with E-state index in [0.29, 0.717) is 16.7 Å². The minimum absolute atomic E-state index is 0.299. The number of alkyl halides is 3. The van der Waals surface area contributed by atoms with E-state index in [-0.39, 0.29) is 5.56 Å². The van der Waals surface area contributed by atoms with E-state index in [0.717, 1.165) is 12.1 Å². The highest BCUT2D eigenvalue weighted by atomic mass is 35.5.